The van der Waals surface area contributed by atoms with E-state index >= 15 is 0 Å². The van der Waals surface area contributed by atoms with Crippen LogP contribution in [0, 0.1) is 16.1 Å². The minimum atomic E-state index is -1.23. The smallest absolute Gasteiger partial charge is 0.258 e. The summed E-state index contributed by atoms with van der Waals surface area (Å²) in [6, 6.07) is 0.927. The standard InChI is InChI=1S/C11H2Cl5FN2O2/c12-6-5(7(13)9(15)10(16)8(6)14)3-1-4(19(20)21)11(17)18-2-3/h1-2H. The maximum Gasteiger partial charge on any atom is 0.324 e. The Hall–Kier alpha value is -0.850. The molecular weight excluding hydrogens is 388 g/mol. The summed E-state index contributed by atoms with van der Waals surface area (Å²) in [5, 5.41) is 10.4. The Labute approximate surface area is 142 Å². The highest BCUT2D eigenvalue weighted by Crippen LogP contribution is 2.48. The predicted octanol–water partition coefficient (Wildman–Crippen LogP) is 6.06. The van der Waals surface area contributed by atoms with Crippen LogP contribution in [-0.2, 0) is 0 Å². The normalized spacial score (nSPS) is 10.8. The zero-order chi connectivity index (χ0) is 15.9. The van der Waals surface area contributed by atoms with Gasteiger partial charge in [0.05, 0.1) is 30.0 Å². The van der Waals surface area contributed by atoms with Gasteiger partial charge in [0.15, 0.2) is 0 Å². The lowest BCUT2D eigenvalue weighted by Crippen LogP contribution is -1.97. The number of hydrogen-bond donors (Lipinski definition) is 0. The summed E-state index contributed by atoms with van der Waals surface area (Å²) in [5.41, 5.74) is -0.672. The van der Waals surface area contributed by atoms with Crippen molar-refractivity contribution >= 4 is 63.7 Å². The lowest BCUT2D eigenvalue weighted by Gasteiger charge is -2.12. The maximum absolute atomic E-state index is 13.3. The summed E-state index contributed by atoms with van der Waals surface area (Å²) in [5.74, 6) is -1.23. The van der Waals surface area contributed by atoms with Crippen molar-refractivity contribution in [2.45, 2.75) is 0 Å². The second-order valence-corrected chi connectivity index (χ2v) is 5.63. The van der Waals surface area contributed by atoms with E-state index in [0.717, 1.165) is 12.3 Å². The average Bonchev–Trinajstić information content (AvgIpc) is 2.44. The van der Waals surface area contributed by atoms with E-state index in [-0.39, 0.29) is 36.2 Å². The molecule has 0 atom stereocenters. The molecule has 1 aromatic heterocycles. The van der Waals surface area contributed by atoms with E-state index in [9.17, 15) is 14.5 Å². The number of aromatic nitrogens is 1. The van der Waals surface area contributed by atoms with Gasteiger partial charge in [-0.3, -0.25) is 10.1 Å². The summed E-state index contributed by atoms with van der Waals surface area (Å²) >= 11 is 29.7. The van der Waals surface area contributed by atoms with Gasteiger partial charge in [-0.1, -0.05) is 58.0 Å². The molecule has 0 N–H and O–H groups in total. The van der Waals surface area contributed by atoms with Crippen LogP contribution in [0.15, 0.2) is 12.3 Å². The summed E-state index contributed by atoms with van der Waals surface area (Å²) in [6.45, 7) is 0. The van der Waals surface area contributed by atoms with E-state index in [0.29, 0.717) is 0 Å². The van der Waals surface area contributed by atoms with Gasteiger partial charge < -0.3 is 0 Å². The Kier molecular flexibility index (Phi) is 4.80. The van der Waals surface area contributed by atoms with E-state index in [1.165, 1.54) is 0 Å². The summed E-state index contributed by atoms with van der Waals surface area (Å²) in [4.78, 5) is 13.1. The number of pyridine rings is 1. The van der Waals surface area contributed by atoms with E-state index in [1.54, 1.807) is 0 Å². The Morgan fingerprint density at radius 1 is 1.00 bits per heavy atom. The summed E-state index contributed by atoms with van der Waals surface area (Å²) in [7, 11) is 0. The first kappa shape index (κ1) is 16.5. The zero-order valence-corrected chi connectivity index (χ0v) is 13.4. The molecule has 10 heteroatoms. The number of rotatable bonds is 2. The van der Waals surface area contributed by atoms with Crippen molar-refractivity contribution in [1.29, 1.82) is 0 Å². The third kappa shape index (κ3) is 2.89. The maximum atomic E-state index is 13.3. The Morgan fingerprint density at radius 3 is 1.95 bits per heavy atom. The molecule has 0 aliphatic rings. The fraction of sp³-hybridized carbons (Fsp3) is 0. The third-order valence-electron chi connectivity index (χ3n) is 2.52. The molecule has 1 aromatic carbocycles. The molecule has 2 aromatic rings. The SMILES string of the molecule is O=[N+]([O-])c1cc(-c2c(Cl)c(Cl)c(Cl)c(Cl)c2Cl)cnc1F. The molecule has 4 nitrogen and oxygen atoms in total. The Morgan fingerprint density at radius 2 is 1.48 bits per heavy atom. The molecule has 0 radical (unpaired) electrons. The topological polar surface area (TPSA) is 56.0 Å². The van der Waals surface area contributed by atoms with Gasteiger partial charge in [0.2, 0.25) is 0 Å². The fourth-order valence-corrected chi connectivity index (χ4v) is 2.92. The molecule has 0 bridgehead atoms. The molecule has 110 valence electrons. The summed E-state index contributed by atoms with van der Waals surface area (Å²) < 4.78 is 13.3. The monoisotopic (exact) mass is 388 g/mol. The molecule has 0 aliphatic carbocycles. The first-order chi connectivity index (χ1) is 9.75. The van der Waals surface area contributed by atoms with Gasteiger partial charge in [-0.15, -0.1) is 0 Å². The fourth-order valence-electron chi connectivity index (χ4n) is 1.56. The van der Waals surface area contributed by atoms with Gasteiger partial charge in [0.25, 0.3) is 5.95 Å². The molecule has 0 spiro atoms. The number of hydrogen-bond acceptors (Lipinski definition) is 3. The van der Waals surface area contributed by atoms with E-state index in [1.807, 2.05) is 0 Å². The van der Waals surface area contributed by atoms with E-state index in [4.69, 9.17) is 58.0 Å². The van der Waals surface area contributed by atoms with Crippen LogP contribution in [0.5, 0.6) is 0 Å². The molecule has 0 unspecified atom stereocenters. The van der Waals surface area contributed by atoms with Gasteiger partial charge in [0, 0.05) is 23.4 Å². The number of nitrogens with zero attached hydrogens (tertiary/aromatic N) is 2. The van der Waals surface area contributed by atoms with Gasteiger partial charge in [-0.2, -0.15) is 4.39 Å². The van der Waals surface area contributed by atoms with Gasteiger partial charge >= 0.3 is 5.69 Å². The molecule has 1 heterocycles. The van der Waals surface area contributed by atoms with E-state index in [2.05, 4.69) is 4.98 Å². The quantitative estimate of drug-likeness (QED) is 0.206. The zero-order valence-electron chi connectivity index (χ0n) is 9.63. The first-order valence-corrected chi connectivity index (χ1v) is 6.96. The van der Waals surface area contributed by atoms with Crippen molar-refractivity contribution in [3.05, 3.63) is 53.4 Å². The van der Waals surface area contributed by atoms with Crippen LogP contribution in [0.25, 0.3) is 11.1 Å². The lowest BCUT2D eigenvalue weighted by atomic mass is 10.1. The minimum Gasteiger partial charge on any atom is -0.258 e. The van der Waals surface area contributed by atoms with Crippen LogP contribution in [0.3, 0.4) is 0 Å². The molecule has 0 aliphatic heterocycles. The first-order valence-electron chi connectivity index (χ1n) is 5.07. The highest BCUT2D eigenvalue weighted by atomic mass is 35.5. The highest BCUT2D eigenvalue weighted by molar-refractivity contribution is 6.56. The number of halogens is 6. The van der Waals surface area contributed by atoms with Gasteiger partial charge in [0.1, 0.15) is 0 Å². The van der Waals surface area contributed by atoms with Crippen LogP contribution < -0.4 is 0 Å². The number of nitro groups is 1. The molecule has 0 saturated carbocycles. The molecule has 0 saturated heterocycles. The molecule has 2 rings (SSSR count). The number of benzene rings is 1. The summed E-state index contributed by atoms with van der Waals surface area (Å²) in [6.07, 6.45) is 1.02. The minimum absolute atomic E-state index is 0.0540. The third-order valence-corrected chi connectivity index (χ3v) is 4.79. The Balaban J connectivity index is 2.80. The average molecular weight is 390 g/mol. The largest absolute Gasteiger partial charge is 0.324 e. The van der Waals surface area contributed by atoms with Crippen LogP contribution in [0.1, 0.15) is 0 Å². The van der Waals surface area contributed by atoms with Gasteiger partial charge in [-0.05, 0) is 0 Å². The van der Waals surface area contributed by atoms with Crippen molar-refractivity contribution in [3.63, 3.8) is 0 Å². The molecule has 0 fully saturated rings. The highest BCUT2D eigenvalue weighted by Gasteiger charge is 2.23. The second kappa shape index (κ2) is 6.10. The molecular formula is C11H2Cl5FN2O2. The lowest BCUT2D eigenvalue weighted by molar-refractivity contribution is -0.388. The van der Waals surface area contributed by atoms with Crippen molar-refractivity contribution < 1.29 is 9.31 Å². The van der Waals surface area contributed by atoms with Crippen LogP contribution in [0.4, 0.5) is 10.1 Å². The van der Waals surface area contributed by atoms with Crippen LogP contribution in [0.2, 0.25) is 25.1 Å². The molecule has 0 amide bonds. The van der Waals surface area contributed by atoms with Crippen molar-refractivity contribution in [2.75, 3.05) is 0 Å². The van der Waals surface area contributed by atoms with Crippen molar-refractivity contribution in [3.8, 4) is 11.1 Å². The van der Waals surface area contributed by atoms with Crippen molar-refractivity contribution in [2.24, 2.45) is 0 Å². The van der Waals surface area contributed by atoms with Crippen LogP contribution in [-0.4, -0.2) is 9.91 Å². The predicted molar refractivity (Wildman–Crippen MR) is 81.3 cm³/mol. The molecule has 21 heavy (non-hydrogen) atoms. The van der Waals surface area contributed by atoms with E-state index < -0.39 is 16.6 Å². The second-order valence-electron chi connectivity index (χ2n) is 3.74. The Bertz CT molecular complexity index is 740. The van der Waals surface area contributed by atoms with Crippen LogP contribution >= 0.6 is 58.0 Å². The van der Waals surface area contributed by atoms with Gasteiger partial charge in [-0.25, -0.2) is 4.98 Å². The van der Waals surface area contributed by atoms with Crippen molar-refractivity contribution in [1.82, 2.24) is 4.98 Å².